The molecule has 2 rings (SSSR count). The molecule has 1 saturated heterocycles. The second kappa shape index (κ2) is 4.70. The second-order valence-electron chi connectivity index (χ2n) is 6.30. The summed E-state index contributed by atoms with van der Waals surface area (Å²) in [4.78, 5) is 0. The Balaban J connectivity index is 2.08. The summed E-state index contributed by atoms with van der Waals surface area (Å²) in [6.07, 6.45) is 3.11. The highest BCUT2D eigenvalue weighted by molar-refractivity contribution is 6.83. The van der Waals surface area contributed by atoms with Crippen molar-refractivity contribution in [3.05, 3.63) is 0 Å². The van der Waals surface area contributed by atoms with Gasteiger partial charge in [0.1, 0.15) is 13.5 Å². The minimum Gasteiger partial charge on any atom is -0.348 e. The van der Waals surface area contributed by atoms with Crippen LogP contribution < -0.4 is 0 Å². The van der Waals surface area contributed by atoms with Crippen LogP contribution in [0.15, 0.2) is 0 Å². The zero-order valence-corrected chi connectivity index (χ0v) is 12.5. The van der Waals surface area contributed by atoms with Crippen LogP contribution >= 0.6 is 0 Å². The van der Waals surface area contributed by atoms with Crippen LogP contribution in [0.4, 0.5) is 0 Å². The Labute approximate surface area is 110 Å². The van der Waals surface area contributed by atoms with Crippen molar-refractivity contribution in [3.63, 3.8) is 0 Å². The predicted molar refractivity (Wildman–Crippen MR) is 72.3 cm³/mol. The van der Waals surface area contributed by atoms with Gasteiger partial charge in [-0.1, -0.05) is 25.6 Å². The van der Waals surface area contributed by atoms with Gasteiger partial charge in [0.15, 0.2) is 5.79 Å². The van der Waals surface area contributed by atoms with E-state index in [0.29, 0.717) is 13.2 Å². The molecule has 2 aliphatic rings. The maximum Gasteiger partial charge on any atom is 0.168 e. The van der Waals surface area contributed by atoms with Gasteiger partial charge in [-0.2, -0.15) is 5.26 Å². The summed E-state index contributed by atoms with van der Waals surface area (Å²) < 4.78 is 11.4. The van der Waals surface area contributed by atoms with Gasteiger partial charge in [0.25, 0.3) is 0 Å². The van der Waals surface area contributed by atoms with Gasteiger partial charge in [-0.15, -0.1) is 5.54 Å². The van der Waals surface area contributed by atoms with Crippen molar-refractivity contribution in [1.82, 2.24) is 0 Å². The van der Waals surface area contributed by atoms with Gasteiger partial charge in [-0.3, -0.25) is 0 Å². The molecule has 1 spiro atoms. The molecular formula is C14H21NO2Si. The fourth-order valence-electron chi connectivity index (χ4n) is 2.42. The molecule has 0 atom stereocenters. The summed E-state index contributed by atoms with van der Waals surface area (Å²) in [6, 6.07) is 2.43. The Kier molecular flexibility index (Phi) is 3.55. The van der Waals surface area contributed by atoms with Gasteiger partial charge in [0.05, 0.1) is 19.3 Å². The maximum atomic E-state index is 9.45. The van der Waals surface area contributed by atoms with Crippen LogP contribution in [-0.2, 0) is 9.47 Å². The van der Waals surface area contributed by atoms with E-state index in [9.17, 15) is 5.26 Å². The second-order valence-corrected chi connectivity index (χ2v) is 11.1. The molecule has 1 aliphatic carbocycles. The number of hydrogen-bond acceptors (Lipinski definition) is 3. The smallest absolute Gasteiger partial charge is 0.168 e. The summed E-state index contributed by atoms with van der Waals surface area (Å²) in [5, 5.41) is 9.45. The molecule has 0 aromatic rings. The average molecular weight is 263 g/mol. The third-order valence-corrected chi connectivity index (χ3v) is 4.44. The maximum absolute atomic E-state index is 9.45. The highest BCUT2D eigenvalue weighted by Gasteiger charge is 2.46. The van der Waals surface area contributed by atoms with Crippen LogP contribution in [0.25, 0.3) is 0 Å². The summed E-state index contributed by atoms with van der Waals surface area (Å²) in [6.45, 7) is 7.98. The Morgan fingerprint density at radius 2 is 1.56 bits per heavy atom. The van der Waals surface area contributed by atoms with Gasteiger partial charge < -0.3 is 9.47 Å². The number of hydrogen-bond donors (Lipinski definition) is 0. The molecule has 18 heavy (non-hydrogen) atoms. The van der Waals surface area contributed by atoms with Crippen molar-refractivity contribution < 1.29 is 9.47 Å². The summed E-state index contributed by atoms with van der Waals surface area (Å²) in [5.41, 5.74) is 2.88. The van der Waals surface area contributed by atoms with Crippen LogP contribution in [0.2, 0.25) is 19.6 Å². The van der Waals surface area contributed by atoms with E-state index in [1.54, 1.807) is 0 Å². The molecule has 1 heterocycles. The SMILES string of the molecule is C[Si](C)(C)C#CC1(C#N)CCC2(CC1)OCCO2. The topological polar surface area (TPSA) is 42.2 Å². The monoisotopic (exact) mass is 263 g/mol. The zero-order valence-electron chi connectivity index (χ0n) is 11.5. The van der Waals surface area contributed by atoms with Gasteiger partial charge in [0.2, 0.25) is 0 Å². The fraction of sp³-hybridized carbons (Fsp3) is 0.786. The van der Waals surface area contributed by atoms with E-state index < -0.39 is 19.3 Å². The molecule has 4 heteroatoms. The van der Waals surface area contributed by atoms with Crippen LogP contribution in [-0.4, -0.2) is 27.1 Å². The fourth-order valence-corrected chi connectivity index (χ4v) is 3.03. The minimum absolute atomic E-state index is 0.402. The van der Waals surface area contributed by atoms with E-state index in [1.165, 1.54) is 0 Å². The van der Waals surface area contributed by atoms with Crippen molar-refractivity contribution >= 4 is 8.07 Å². The molecule has 98 valence electrons. The molecule has 0 aromatic heterocycles. The Morgan fingerprint density at radius 1 is 1.00 bits per heavy atom. The van der Waals surface area contributed by atoms with E-state index >= 15 is 0 Å². The van der Waals surface area contributed by atoms with Crippen LogP contribution in [0.1, 0.15) is 25.7 Å². The number of rotatable bonds is 0. The summed E-state index contributed by atoms with van der Waals surface area (Å²) >= 11 is 0. The van der Waals surface area contributed by atoms with Crippen molar-refractivity contribution in [2.45, 2.75) is 51.1 Å². The predicted octanol–water partition coefficient (Wildman–Crippen LogP) is 2.69. The van der Waals surface area contributed by atoms with E-state index in [1.807, 2.05) is 0 Å². The Morgan fingerprint density at radius 3 is 2.00 bits per heavy atom. The van der Waals surface area contributed by atoms with Crippen LogP contribution in [0.5, 0.6) is 0 Å². The van der Waals surface area contributed by atoms with Gasteiger partial charge in [-0.25, -0.2) is 0 Å². The standard InChI is InChI=1S/C14H21NO2Si/c1-18(2,3)11-8-13(12-15)4-6-14(7-5-13)16-9-10-17-14/h4-7,9-10H2,1-3H3. The van der Waals surface area contributed by atoms with E-state index in [4.69, 9.17) is 9.47 Å². The third-order valence-electron chi connectivity index (χ3n) is 3.57. The molecule has 1 saturated carbocycles. The molecule has 0 aromatic carbocycles. The van der Waals surface area contributed by atoms with Crippen molar-refractivity contribution in [2.75, 3.05) is 13.2 Å². The zero-order chi connectivity index (χ0) is 13.3. The molecule has 0 radical (unpaired) electrons. The first kappa shape index (κ1) is 13.6. The van der Waals surface area contributed by atoms with Gasteiger partial charge in [0, 0.05) is 12.8 Å². The third kappa shape index (κ3) is 2.95. The lowest BCUT2D eigenvalue weighted by Crippen LogP contribution is -2.39. The number of ether oxygens (including phenoxy) is 2. The minimum atomic E-state index is -1.42. The largest absolute Gasteiger partial charge is 0.348 e. The van der Waals surface area contributed by atoms with Crippen molar-refractivity contribution in [1.29, 1.82) is 5.26 Å². The Bertz CT molecular complexity index is 406. The van der Waals surface area contributed by atoms with E-state index in [2.05, 4.69) is 37.2 Å². The molecule has 0 unspecified atom stereocenters. The molecule has 2 fully saturated rings. The van der Waals surface area contributed by atoms with E-state index in [0.717, 1.165) is 25.7 Å². The average Bonchev–Trinajstić information content (AvgIpc) is 2.77. The summed E-state index contributed by atoms with van der Waals surface area (Å²) in [5.74, 6) is 2.87. The van der Waals surface area contributed by atoms with Crippen LogP contribution in [0, 0.1) is 28.2 Å². The number of nitrogens with zero attached hydrogens (tertiary/aromatic N) is 1. The molecular weight excluding hydrogens is 242 g/mol. The molecule has 1 aliphatic heterocycles. The normalized spacial score (nSPS) is 25.2. The molecule has 0 amide bonds. The van der Waals surface area contributed by atoms with Crippen LogP contribution in [0.3, 0.4) is 0 Å². The first-order valence-corrected chi connectivity index (χ1v) is 10.1. The quantitative estimate of drug-likeness (QED) is 0.498. The number of nitriles is 1. The lowest BCUT2D eigenvalue weighted by atomic mass is 9.73. The van der Waals surface area contributed by atoms with Gasteiger partial charge >= 0.3 is 0 Å². The summed E-state index contributed by atoms with van der Waals surface area (Å²) in [7, 11) is -1.42. The lowest BCUT2D eigenvalue weighted by molar-refractivity contribution is -0.183. The first-order chi connectivity index (χ1) is 8.39. The first-order valence-electron chi connectivity index (χ1n) is 6.62. The lowest BCUT2D eigenvalue weighted by Gasteiger charge is -2.37. The van der Waals surface area contributed by atoms with Crippen molar-refractivity contribution in [2.24, 2.45) is 5.41 Å². The molecule has 3 nitrogen and oxygen atoms in total. The van der Waals surface area contributed by atoms with Gasteiger partial charge in [-0.05, 0) is 12.8 Å². The Hall–Kier alpha value is -0.813. The molecule has 0 N–H and O–H groups in total. The van der Waals surface area contributed by atoms with E-state index in [-0.39, 0.29) is 0 Å². The highest BCUT2D eigenvalue weighted by Crippen LogP contribution is 2.44. The molecule has 0 bridgehead atoms. The van der Waals surface area contributed by atoms with Crippen molar-refractivity contribution in [3.8, 4) is 17.5 Å². The highest BCUT2D eigenvalue weighted by atomic mass is 28.3.